The fourth-order valence-electron chi connectivity index (χ4n) is 2.24. The average molecular weight is 322 g/mol. The minimum Gasteiger partial charge on any atom is -0.493 e. The van der Waals surface area contributed by atoms with Gasteiger partial charge >= 0.3 is 0 Å². The van der Waals surface area contributed by atoms with Gasteiger partial charge in [0, 0.05) is 5.56 Å². The summed E-state index contributed by atoms with van der Waals surface area (Å²) in [4.78, 5) is 23.5. The van der Waals surface area contributed by atoms with Gasteiger partial charge in [-0.05, 0) is 59.7 Å². The first kappa shape index (κ1) is 19.2. The van der Waals surface area contributed by atoms with Crippen LogP contribution in [0.25, 0.3) is 0 Å². The number of hydrogen-bond acceptors (Lipinski definition) is 5. The molecule has 5 nitrogen and oxygen atoms in total. The van der Waals surface area contributed by atoms with Gasteiger partial charge in [-0.15, -0.1) is 0 Å². The lowest BCUT2D eigenvalue weighted by Crippen LogP contribution is -2.46. The molecular formula is C18H26O5. The number of methoxy groups -OCH3 is 1. The van der Waals surface area contributed by atoms with Crippen LogP contribution in [-0.4, -0.2) is 36.5 Å². The van der Waals surface area contributed by atoms with Crippen molar-refractivity contribution >= 4 is 12.1 Å². The van der Waals surface area contributed by atoms with Crippen molar-refractivity contribution in [2.45, 2.75) is 58.8 Å². The second-order valence-electron chi connectivity index (χ2n) is 6.88. The van der Waals surface area contributed by atoms with Crippen LogP contribution in [0.5, 0.6) is 11.5 Å². The molecule has 0 unspecified atom stereocenters. The summed E-state index contributed by atoms with van der Waals surface area (Å²) in [6.07, 6.45) is 0.118. The molecule has 0 saturated heterocycles. The van der Waals surface area contributed by atoms with Crippen molar-refractivity contribution in [1.29, 1.82) is 0 Å². The van der Waals surface area contributed by atoms with Crippen LogP contribution < -0.4 is 9.47 Å². The van der Waals surface area contributed by atoms with E-state index >= 15 is 0 Å². The summed E-state index contributed by atoms with van der Waals surface area (Å²) >= 11 is 0. The van der Waals surface area contributed by atoms with Gasteiger partial charge in [-0.1, -0.05) is 0 Å². The largest absolute Gasteiger partial charge is 0.493 e. The molecule has 0 saturated carbocycles. The maximum absolute atomic E-state index is 12.6. The van der Waals surface area contributed by atoms with Crippen LogP contribution in [0, 0.1) is 0 Å². The highest BCUT2D eigenvalue weighted by atomic mass is 16.5. The molecule has 128 valence electrons. The predicted octanol–water partition coefficient (Wildman–Crippen LogP) is 3.44. The van der Waals surface area contributed by atoms with E-state index in [1.807, 2.05) is 20.8 Å². The molecule has 0 bridgehead atoms. The van der Waals surface area contributed by atoms with Crippen molar-refractivity contribution < 1.29 is 23.8 Å². The molecule has 0 amide bonds. The molecule has 0 aromatic heterocycles. The molecule has 23 heavy (non-hydrogen) atoms. The average Bonchev–Trinajstić information content (AvgIpc) is 2.44. The van der Waals surface area contributed by atoms with E-state index in [0.29, 0.717) is 17.1 Å². The Hall–Kier alpha value is -1.88. The number of ketones is 1. The van der Waals surface area contributed by atoms with Crippen LogP contribution in [0.15, 0.2) is 18.2 Å². The molecule has 0 radical (unpaired) electrons. The van der Waals surface area contributed by atoms with Gasteiger partial charge in [-0.2, -0.15) is 0 Å². The summed E-state index contributed by atoms with van der Waals surface area (Å²) in [6.45, 7) is 10.8. The Morgan fingerprint density at radius 2 is 1.74 bits per heavy atom. The van der Waals surface area contributed by atoms with Crippen molar-refractivity contribution in [3.8, 4) is 11.5 Å². The number of carbonyl (C=O) groups is 2. The third-order valence-electron chi connectivity index (χ3n) is 3.18. The van der Waals surface area contributed by atoms with Crippen LogP contribution in [0.4, 0.5) is 0 Å². The summed E-state index contributed by atoms with van der Waals surface area (Å²) in [5.41, 5.74) is -1.04. The molecule has 1 rings (SSSR count). The Kier molecular flexibility index (Phi) is 5.94. The summed E-state index contributed by atoms with van der Waals surface area (Å²) < 4.78 is 16.8. The van der Waals surface area contributed by atoms with Gasteiger partial charge in [0.1, 0.15) is 12.4 Å². The Bertz CT molecular complexity index is 569. The molecule has 1 aromatic rings. The number of rotatable bonds is 7. The molecule has 0 fully saturated rings. The van der Waals surface area contributed by atoms with E-state index in [1.165, 1.54) is 7.11 Å². The predicted molar refractivity (Wildman–Crippen MR) is 88.4 cm³/mol. The zero-order chi connectivity index (χ0) is 17.8. The maximum Gasteiger partial charge on any atom is 0.204 e. The second kappa shape index (κ2) is 7.13. The minimum atomic E-state index is -1.10. The zero-order valence-electron chi connectivity index (χ0n) is 14.9. The van der Waals surface area contributed by atoms with E-state index < -0.39 is 17.3 Å². The zero-order valence-corrected chi connectivity index (χ0v) is 14.9. The molecule has 1 aromatic carbocycles. The topological polar surface area (TPSA) is 61.8 Å². The van der Waals surface area contributed by atoms with Crippen molar-refractivity contribution in [2.24, 2.45) is 0 Å². The Morgan fingerprint density at radius 1 is 1.13 bits per heavy atom. The van der Waals surface area contributed by atoms with Crippen LogP contribution in [-0.2, 0) is 9.53 Å². The van der Waals surface area contributed by atoms with Gasteiger partial charge in [0.2, 0.25) is 5.78 Å². The Balaban J connectivity index is 2.97. The molecule has 0 aliphatic rings. The van der Waals surface area contributed by atoms with Gasteiger partial charge in [0.15, 0.2) is 17.1 Å². The number of Topliss-reactive ketones (excluding diaryl/α,β-unsaturated/α-hetero) is 1. The summed E-state index contributed by atoms with van der Waals surface area (Å²) in [6, 6.07) is 4.80. The highest BCUT2D eigenvalue weighted by Gasteiger charge is 2.36. The standard InChI is InChI=1S/C18H26O5/c1-12(22-17(2,3)4)16(20)18(5,6)23-14-9-8-13(11-19)10-15(14)21-7/h8-12H,1-7H3/t12-/m1/s1. The van der Waals surface area contributed by atoms with E-state index in [4.69, 9.17) is 14.2 Å². The molecule has 0 spiro atoms. The lowest BCUT2D eigenvalue weighted by Gasteiger charge is -2.31. The first-order valence-corrected chi connectivity index (χ1v) is 7.54. The fraction of sp³-hybridized carbons (Fsp3) is 0.556. The number of carbonyl (C=O) groups excluding carboxylic acids is 2. The minimum absolute atomic E-state index is 0.172. The third kappa shape index (κ3) is 5.36. The van der Waals surface area contributed by atoms with Crippen molar-refractivity contribution in [3.63, 3.8) is 0 Å². The van der Waals surface area contributed by atoms with E-state index in [-0.39, 0.29) is 5.78 Å². The van der Waals surface area contributed by atoms with Gasteiger partial charge in [0.05, 0.1) is 12.7 Å². The molecule has 0 aliphatic heterocycles. The van der Waals surface area contributed by atoms with Crippen molar-refractivity contribution in [1.82, 2.24) is 0 Å². The van der Waals surface area contributed by atoms with Gasteiger partial charge in [-0.25, -0.2) is 0 Å². The van der Waals surface area contributed by atoms with Crippen molar-refractivity contribution in [2.75, 3.05) is 7.11 Å². The highest BCUT2D eigenvalue weighted by Crippen LogP contribution is 2.32. The maximum atomic E-state index is 12.6. The fourth-order valence-corrected chi connectivity index (χ4v) is 2.24. The molecular weight excluding hydrogens is 296 g/mol. The summed E-state index contributed by atoms with van der Waals surface area (Å²) in [5, 5.41) is 0. The monoisotopic (exact) mass is 322 g/mol. The van der Waals surface area contributed by atoms with Crippen LogP contribution in [0.1, 0.15) is 51.9 Å². The molecule has 1 atom stereocenters. The normalized spacial score (nSPS) is 13.3. The molecule has 0 heterocycles. The van der Waals surface area contributed by atoms with Gasteiger partial charge in [-0.3, -0.25) is 9.59 Å². The van der Waals surface area contributed by atoms with E-state index in [0.717, 1.165) is 6.29 Å². The Labute approximate surface area is 137 Å². The number of ether oxygens (including phenoxy) is 3. The first-order chi connectivity index (χ1) is 10.5. The van der Waals surface area contributed by atoms with Gasteiger partial charge < -0.3 is 14.2 Å². The van der Waals surface area contributed by atoms with E-state index in [9.17, 15) is 9.59 Å². The first-order valence-electron chi connectivity index (χ1n) is 7.54. The van der Waals surface area contributed by atoms with E-state index in [2.05, 4.69) is 0 Å². The molecule has 0 aliphatic carbocycles. The van der Waals surface area contributed by atoms with Crippen LogP contribution >= 0.6 is 0 Å². The Morgan fingerprint density at radius 3 is 2.22 bits per heavy atom. The van der Waals surface area contributed by atoms with Crippen LogP contribution in [0.3, 0.4) is 0 Å². The second-order valence-corrected chi connectivity index (χ2v) is 6.88. The summed E-state index contributed by atoms with van der Waals surface area (Å²) in [7, 11) is 1.48. The lowest BCUT2D eigenvalue weighted by molar-refractivity contribution is -0.151. The highest BCUT2D eigenvalue weighted by molar-refractivity contribution is 5.90. The smallest absolute Gasteiger partial charge is 0.204 e. The number of aldehydes is 1. The van der Waals surface area contributed by atoms with Crippen molar-refractivity contribution in [3.05, 3.63) is 23.8 Å². The summed E-state index contributed by atoms with van der Waals surface area (Å²) in [5.74, 6) is 0.633. The lowest BCUT2D eigenvalue weighted by atomic mass is 9.98. The van der Waals surface area contributed by atoms with Crippen LogP contribution in [0.2, 0.25) is 0 Å². The SMILES string of the molecule is COc1cc(C=O)ccc1OC(C)(C)C(=O)[C@@H](C)OC(C)(C)C. The molecule has 5 heteroatoms. The number of hydrogen-bond donors (Lipinski definition) is 0. The number of benzene rings is 1. The van der Waals surface area contributed by atoms with Gasteiger partial charge in [0.25, 0.3) is 0 Å². The quantitative estimate of drug-likeness (QED) is 0.720. The van der Waals surface area contributed by atoms with E-state index in [1.54, 1.807) is 39.0 Å². The third-order valence-corrected chi connectivity index (χ3v) is 3.18. The molecule has 0 N–H and O–H groups in total.